The molecule has 1 aromatic rings. The second kappa shape index (κ2) is 8.47. The van der Waals surface area contributed by atoms with Gasteiger partial charge in [0, 0.05) is 13.1 Å². The number of nitrogens with zero attached hydrogens (tertiary/aromatic N) is 1. The third-order valence-electron chi connectivity index (χ3n) is 4.05. The third kappa shape index (κ3) is 4.81. The number of likely N-dealkylation sites (tertiary alicyclic amines) is 1. The molecule has 0 aromatic heterocycles. The summed E-state index contributed by atoms with van der Waals surface area (Å²) in [4.78, 5) is 37.4. The topological polar surface area (TPSA) is 72.9 Å². The number of esters is 2. The lowest BCUT2D eigenvalue weighted by atomic mass is 9.97. The van der Waals surface area contributed by atoms with Gasteiger partial charge in [-0.15, -0.1) is 0 Å². The van der Waals surface area contributed by atoms with Crippen LogP contribution < -0.4 is 0 Å². The van der Waals surface area contributed by atoms with E-state index >= 15 is 0 Å². The first-order chi connectivity index (χ1) is 11.5. The van der Waals surface area contributed by atoms with Gasteiger partial charge in [-0.1, -0.05) is 17.7 Å². The summed E-state index contributed by atoms with van der Waals surface area (Å²) < 4.78 is 10.1. The standard InChI is InChI=1S/C18H23NO5/c1-3-23-17(21)14-7-9-19(10-8-14)16(20)12-24-18(22)15-6-4-5-13(2)11-15/h4-6,11,14H,3,7-10,12H2,1-2H3. The lowest BCUT2D eigenvalue weighted by Gasteiger charge is -2.30. The summed E-state index contributed by atoms with van der Waals surface area (Å²) in [5, 5.41) is 0. The first-order valence-corrected chi connectivity index (χ1v) is 8.19. The molecular weight excluding hydrogens is 310 g/mol. The molecule has 1 saturated heterocycles. The molecule has 24 heavy (non-hydrogen) atoms. The van der Waals surface area contributed by atoms with E-state index in [0.29, 0.717) is 38.1 Å². The Bertz CT molecular complexity index is 605. The Labute approximate surface area is 141 Å². The second-order valence-corrected chi connectivity index (χ2v) is 5.85. The molecule has 0 N–H and O–H groups in total. The highest BCUT2D eigenvalue weighted by atomic mass is 16.5. The van der Waals surface area contributed by atoms with Crippen LogP contribution in [0.4, 0.5) is 0 Å². The van der Waals surface area contributed by atoms with E-state index in [0.717, 1.165) is 5.56 Å². The Morgan fingerprint density at radius 2 is 1.88 bits per heavy atom. The van der Waals surface area contributed by atoms with Crippen molar-refractivity contribution in [2.75, 3.05) is 26.3 Å². The summed E-state index contributed by atoms with van der Waals surface area (Å²) in [7, 11) is 0. The van der Waals surface area contributed by atoms with Crippen molar-refractivity contribution in [2.45, 2.75) is 26.7 Å². The zero-order valence-electron chi connectivity index (χ0n) is 14.1. The van der Waals surface area contributed by atoms with Crippen LogP contribution >= 0.6 is 0 Å². The fraction of sp³-hybridized carbons (Fsp3) is 0.500. The van der Waals surface area contributed by atoms with Crippen molar-refractivity contribution in [3.05, 3.63) is 35.4 Å². The van der Waals surface area contributed by atoms with Gasteiger partial charge >= 0.3 is 11.9 Å². The van der Waals surface area contributed by atoms with E-state index in [1.807, 2.05) is 13.0 Å². The number of benzene rings is 1. The summed E-state index contributed by atoms with van der Waals surface area (Å²) in [6, 6.07) is 7.03. The minimum Gasteiger partial charge on any atom is -0.466 e. The minimum atomic E-state index is -0.506. The SMILES string of the molecule is CCOC(=O)C1CCN(C(=O)COC(=O)c2cccc(C)c2)CC1. The van der Waals surface area contributed by atoms with Crippen molar-refractivity contribution in [1.82, 2.24) is 4.90 Å². The number of amides is 1. The maximum atomic E-state index is 12.1. The second-order valence-electron chi connectivity index (χ2n) is 5.85. The fourth-order valence-corrected chi connectivity index (χ4v) is 2.70. The maximum absolute atomic E-state index is 12.1. The number of aryl methyl sites for hydroxylation is 1. The van der Waals surface area contributed by atoms with Gasteiger partial charge in [-0.05, 0) is 38.8 Å². The molecule has 2 rings (SSSR count). The molecule has 0 radical (unpaired) electrons. The quantitative estimate of drug-likeness (QED) is 0.770. The van der Waals surface area contributed by atoms with Crippen LogP contribution in [0.25, 0.3) is 0 Å². The summed E-state index contributed by atoms with van der Waals surface area (Å²) in [5.41, 5.74) is 1.39. The van der Waals surface area contributed by atoms with Gasteiger partial charge < -0.3 is 14.4 Å². The molecule has 1 amide bonds. The molecule has 0 unspecified atom stereocenters. The highest BCUT2D eigenvalue weighted by molar-refractivity contribution is 5.91. The molecule has 1 heterocycles. The van der Waals surface area contributed by atoms with Crippen LogP contribution in [0.15, 0.2) is 24.3 Å². The molecule has 1 fully saturated rings. The molecule has 0 saturated carbocycles. The molecule has 0 spiro atoms. The van der Waals surface area contributed by atoms with Gasteiger partial charge in [0.1, 0.15) is 0 Å². The number of carbonyl (C=O) groups is 3. The van der Waals surface area contributed by atoms with E-state index in [1.165, 1.54) is 0 Å². The smallest absolute Gasteiger partial charge is 0.338 e. The van der Waals surface area contributed by atoms with E-state index < -0.39 is 5.97 Å². The molecule has 6 nitrogen and oxygen atoms in total. The average Bonchev–Trinajstić information content (AvgIpc) is 2.59. The molecule has 1 aliphatic heterocycles. The van der Waals surface area contributed by atoms with E-state index in [1.54, 1.807) is 30.0 Å². The average molecular weight is 333 g/mol. The van der Waals surface area contributed by atoms with Crippen LogP contribution in [-0.4, -0.2) is 49.0 Å². The number of hydrogen-bond donors (Lipinski definition) is 0. The zero-order valence-corrected chi connectivity index (χ0v) is 14.1. The Morgan fingerprint density at radius 1 is 1.17 bits per heavy atom. The van der Waals surface area contributed by atoms with Crippen molar-refractivity contribution < 1.29 is 23.9 Å². The van der Waals surface area contributed by atoms with Gasteiger partial charge in [0.25, 0.3) is 5.91 Å². The van der Waals surface area contributed by atoms with Gasteiger partial charge in [-0.25, -0.2) is 4.79 Å². The molecule has 130 valence electrons. The number of rotatable bonds is 5. The lowest BCUT2D eigenvalue weighted by molar-refractivity contribution is -0.151. The molecule has 0 aliphatic carbocycles. The van der Waals surface area contributed by atoms with Crippen molar-refractivity contribution in [3.8, 4) is 0 Å². The summed E-state index contributed by atoms with van der Waals surface area (Å²) in [6.45, 7) is 4.70. The molecule has 1 aromatic carbocycles. The van der Waals surface area contributed by atoms with Crippen LogP contribution in [0, 0.1) is 12.8 Å². The lowest BCUT2D eigenvalue weighted by Crippen LogP contribution is -2.42. The third-order valence-corrected chi connectivity index (χ3v) is 4.05. The van der Waals surface area contributed by atoms with Crippen molar-refractivity contribution in [2.24, 2.45) is 5.92 Å². The van der Waals surface area contributed by atoms with Crippen LogP contribution in [0.3, 0.4) is 0 Å². The normalized spacial score (nSPS) is 15.0. The Kier molecular flexibility index (Phi) is 6.35. The van der Waals surface area contributed by atoms with Gasteiger partial charge in [-0.2, -0.15) is 0 Å². The highest BCUT2D eigenvalue weighted by Crippen LogP contribution is 2.19. The largest absolute Gasteiger partial charge is 0.466 e. The van der Waals surface area contributed by atoms with Gasteiger partial charge in [0.05, 0.1) is 18.1 Å². The van der Waals surface area contributed by atoms with Crippen LogP contribution in [0.2, 0.25) is 0 Å². The Hall–Kier alpha value is -2.37. The predicted octanol–water partition coefficient (Wildman–Crippen LogP) is 1.95. The summed E-state index contributed by atoms with van der Waals surface area (Å²) >= 11 is 0. The Morgan fingerprint density at radius 3 is 2.50 bits per heavy atom. The van der Waals surface area contributed by atoms with Crippen LogP contribution in [-0.2, 0) is 19.1 Å². The van der Waals surface area contributed by atoms with E-state index in [2.05, 4.69) is 0 Å². The van der Waals surface area contributed by atoms with E-state index in [4.69, 9.17) is 9.47 Å². The molecule has 6 heteroatoms. The van der Waals surface area contributed by atoms with Gasteiger partial charge in [-0.3, -0.25) is 9.59 Å². The van der Waals surface area contributed by atoms with Crippen molar-refractivity contribution >= 4 is 17.8 Å². The highest BCUT2D eigenvalue weighted by Gasteiger charge is 2.28. The molecular formula is C18H23NO5. The monoisotopic (exact) mass is 333 g/mol. The Balaban J connectivity index is 1.77. The number of carbonyl (C=O) groups excluding carboxylic acids is 3. The van der Waals surface area contributed by atoms with Gasteiger partial charge in [0.15, 0.2) is 6.61 Å². The number of hydrogen-bond acceptors (Lipinski definition) is 5. The molecule has 1 aliphatic rings. The molecule has 0 atom stereocenters. The first-order valence-electron chi connectivity index (χ1n) is 8.19. The van der Waals surface area contributed by atoms with Crippen LogP contribution in [0.5, 0.6) is 0 Å². The first kappa shape index (κ1) is 18.0. The molecule has 0 bridgehead atoms. The summed E-state index contributed by atoms with van der Waals surface area (Å²) in [5.74, 6) is -1.09. The maximum Gasteiger partial charge on any atom is 0.338 e. The summed E-state index contributed by atoms with van der Waals surface area (Å²) in [6.07, 6.45) is 1.16. The van der Waals surface area contributed by atoms with Crippen molar-refractivity contribution in [3.63, 3.8) is 0 Å². The predicted molar refractivity (Wildman–Crippen MR) is 87.4 cm³/mol. The fourth-order valence-electron chi connectivity index (χ4n) is 2.70. The van der Waals surface area contributed by atoms with Crippen LogP contribution in [0.1, 0.15) is 35.7 Å². The number of ether oxygens (including phenoxy) is 2. The van der Waals surface area contributed by atoms with Crippen molar-refractivity contribution in [1.29, 1.82) is 0 Å². The zero-order chi connectivity index (χ0) is 17.5. The minimum absolute atomic E-state index is 0.149. The van der Waals surface area contributed by atoms with Gasteiger partial charge in [0.2, 0.25) is 0 Å². The van der Waals surface area contributed by atoms with E-state index in [-0.39, 0.29) is 24.4 Å². The number of piperidine rings is 1. The van der Waals surface area contributed by atoms with E-state index in [9.17, 15) is 14.4 Å².